The molecule has 0 atom stereocenters. The number of fused-ring (bicyclic) bond motifs is 3. The molecule has 306 valence electrons. The van der Waals surface area contributed by atoms with E-state index in [1.807, 2.05) is 0 Å². The van der Waals surface area contributed by atoms with E-state index in [0.29, 0.717) is 0 Å². The zero-order chi connectivity index (χ0) is 41.2. The van der Waals surface area contributed by atoms with Gasteiger partial charge in [0.05, 0.1) is 0 Å². The third-order valence-electron chi connectivity index (χ3n) is 12.1. The summed E-state index contributed by atoms with van der Waals surface area (Å²) in [6.07, 6.45) is 17.7. The van der Waals surface area contributed by atoms with Gasteiger partial charge in [0, 0.05) is 57.4 Å². The third kappa shape index (κ3) is 10.5. The Bertz CT molecular complexity index is 2000. The molecule has 0 unspecified atom stereocenters. The van der Waals surface area contributed by atoms with E-state index < -0.39 is 0 Å². The molecule has 0 spiro atoms. The Morgan fingerprint density at radius 3 is 0.915 bits per heavy atom. The van der Waals surface area contributed by atoms with Crippen molar-refractivity contribution in [3.8, 4) is 11.1 Å². The van der Waals surface area contributed by atoms with Gasteiger partial charge in [0.25, 0.3) is 0 Å². The number of anilines is 6. The van der Waals surface area contributed by atoms with E-state index >= 15 is 0 Å². The quantitative estimate of drug-likeness (QED) is 0.0703. The van der Waals surface area contributed by atoms with Crippen LogP contribution in [-0.2, 0) is 5.41 Å². The number of hydrogen-bond donors (Lipinski definition) is 0. The topological polar surface area (TPSA) is 6.48 Å². The molecular weight excluding hydrogens is 984 g/mol. The molecule has 0 bridgehead atoms. The van der Waals surface area contributed by atoms with E-state index in [2.05, 4.69) is 221 Å². The summed E-state index contributed by atoms with van der Waals surface area (Å²) in [7, 11) is 0. The van der Waals surface area contributed by atoms with Crippen LogP contribution in [0.1, 0.15) is 115 Å². The fourth-order valence-corrected chi connectivity index (χ4v) is 10.1. The highest BCUT2D eigenvalue weighted by Gasteiger charge is 2.43. The van der Waals surface area contributed by atoms with E-state index in [1.54, 1.807) is 0 Å². The molecule has 7 rings (SSSR count). The molecule has 0 amide bonds. The van der Waals surface area contributed by atoms with Crippen molar-refractivity contribution in [2.45, 2.75) is 109 Å². The molecule has 1 aliphatic carbocycles. The number of rotatable bonds is 20. The number of unbranched alkanes of at least 4 members (excludes halogenated alkanes) is 10. The average molecular weight is 1040 g/mol. The van der Waals surface area contributed by atoms with Crippen molar-refractivity contribution in [1.29, 1.82) is 0 Å². The standard InChI is InChI=1S/C53H56Br4N2/c1-3-5-7-9-11-13-35-53(36-14-12-10-8-6-4-2)51-37-47(58(43-23-15-39(54)16-24-43)44-25-17-40(55)18-26-44)31-33-49(51)50-34-32-48(38-52(50)53)59(45-27-19-41(56)20-28-45)46-29-21-42(57)22-30-46/h15-34,37-38H,3-14,35-36H2,1-2H3. The first-order valence-corrected chi connectivity index (χ1v) is 24.9. The monoisotopic (exact) mass is 1040 g/mol. The van der Waals surface area contributed by atoms with E-state index in [4.69, 9.17) is 0 Å². The maximum atomic E-state index is 3.70. The highest BCUT2D eigenvalue weighted by Crippen LogP contribution is 2.57. The van der Waals surface area contributed by atoms with Crippen molar-refractivity contribution in [1.82, 2.24) is 0 Å². The van der Waals surface area contributed by atoms with Gasteiger partial charge in [-0.2, -0.15) is 0 Å². The summed E-state index contributed by atoms with van der Waals surface area (Å²) in [6, 6.07) is 49.6. The lowest BCUT2D eigenvalue weighted by molar-refractivity contribution is 0.398. The average Bonchev–Trinajstić information content (AvgIpc) is 3.51. The Labute approximate surface area is 387 Å². The van der Waals surface area contributed by atoms with Gasteiger partial charge in [0.15, 0.2) is 0 Å². The minimum Gasteiger partial charge on any atom is -0.310 e. The first-order valence-electron chi connectivity index (χ1n) is 21.7. The number of hydrogen-bond acceptors (Lipinski definition) is 2. The van der Waals surface area contributed by atoms with Gasteiger partial charge in [-0.25, -0.2) is 0 Å². The van der Waals surface area contributed by atoms with Crippen LogP contribution in [0.5, 0.6) is 0 Å². The Kier molecular flexibility index (Phi) is 15.7. The van der Waals surface area contributed by atoms with Crippen molar-refractivity contribution < 1.29 is 0 Å². The van der Waals surface area contributed by atoms with Gasteiger partial charge in [0.1, 0.15) is 0 Å². The van der Waals surface area contributed by atoms with Crippen molar-refractivity contribution in [3.05, 3.63) is 162 Å². The van der Waals surface area contributed by atoms with E-state index in [1.165, 1.54) is 111 Å². The lowest BCUT2D eigenvalue weighted by Crippen LogP contribution is -2.26. The van der Waals surface area contributed by atoms with Crippen molar-refractivity contribution in [2.75, 3.05) is 9.80 Å². The normalized spacial score (nSPS) is 12.6. The van der Waals surface area contributed by atoms with Crippen molar-refractivity contribution in [3.63, 3.8) is 0 Å². The summed E-state index contributed by atoms with van der Waals surface area (Å²) in [5.41, 5.74) is 12.6. The lowest BCUT2D eigenvalue weighted by Gasteiger charge is -2.35. The molecule has 0 radical (unpaired) electrons. The second-order valence-corrected chi connectivity index (χ2v) is 19.8. The van der Waals surface area contributed by atoms with Crippen LogP contribution >= 0.6 is 63.7 Å². The third-order valence-corrected chi connectivity index (χ3v) is 14.2. The second kappa shape index (κ2) is 21.1. The van der Waals surface area contributed by atoms with Gasteiger partial charge >= 0.3 is 0 Å². The highest BCUT2D eigenvalue weighted by atomic mass is 79.9. The van der Waals surface area contributed by atoms with Gasteiger partial charge in [-0.15, -0.1) is 0 Å². The van der Waals surface area contributed by atoms with Crippen LogP contribution in [0.2, 0.25) is 0 Å². The van der Waals surface area contributed by atoms with Crippen molar-refractivity contribution in [2.24, 2.45) is 0 Å². The first kappa shape index (κ1) is 43.9. The van der Waals surface area contributed by atoms with E-state index in [9.17, 15) is 0 Å². The van der Waals surface area contributed by atoms with Crippen molar-refractivity contribution >= 4 is 97.8 Å². The molecule has 0 N–H and O–H groups in total. The van der Waals surface area contributed by atoms with E-state index in [0.717, 1.165) is 53.5 Å². The molecule has 0 saturated heterocycles. The van der Waals surface area contributed by atoms with E-state index in [-0.39, 0.29) is 5.41 Å². The van der Waals surface area contributed by atoms with Gasteiger partial charge < -0.3 is 9.80 Å². The maximum absolute atomic E-state index is 3.70. The van der Waals surface area contributed by atoms with Crippen LogP contribution in [0, 0.1) is 0 Å². The number of benzene rings is 6. The summed E-state index contributed by atoms with van der Waals surface area (Å²) in [5.74, 6) is 0. The first-order chi connectivity index (χ1) is 28.8. The largest absolute Gasteiger partial charge is 0.310 e. The molecule has 1 aliphatic rings. The number of nitrogens with zero attached hydrogens (tertiary/aromatic N) is 2. The molecule has 6 aromatic rings. The van der Waals surface area contributed by atoms with Gasteiger partial charge in [-0.05, 0) is 156 Å². The molecule has 2 nitrogen and oxygen atoms in total. The van der Waals surface area contributed by atoms with Crippen LogP contribution in [0.4, 0.5) is 34.1 Å². The smallest absolute Gasteiger partial charge is 0.0465 e. The van der Waals surface area contributed by atoms with Gasteiger partial charge in [0.2, 0.25) is 0 Å². The summed E-state index contributed by atoms with van der Waals surface area (Å²) >= 11 is 14.8. The molecule has 0 heterocycles. The second-order valence-electron chi connectivity index (χ2n) is 16.2. The summed E-state index contributed by atoms with van der Waals surface area (Å²) < 4.78 is 4.31. The van der Waals surface area contributed by atoms with Crippen LogP contribution < -0.4 is 9.80 Å². The van der Waals surface area contributed by atoms with Crippen LogP contribution in [0.25, 0.3) is 11.1 Å². The minimum absolute atomic E-state index is 0.109. The molecule has 6 aromatic carbocycles. The van der Waals surface area contributed by atoms with Crippen LogP contribution in [0.3, 0.4) is 0 Å². The van der Waals surface area contributed by atoms with Gasteiger partial charge in [-0.1, -0.05) is 167 Å². The Balaban J connectivity index is 1.39. The molecule has 0 saturated carbocycles. The Morgan fingerprint density at radius 1 is 0.339 bits per heavy atom. The summed E-state index contributed by atoms with van der Waals surface area (Å²) in [4.78, 5) is 4.85. The fourth-order valence-electron chi connectivity index (χ4n) is 9.08. The summed E-state index contributed by atoms with van der Waals surface area (Å²) in [5, 5.41) is 0. The molecular formula is C53H56Br4N2. The van der Waals surface area contributed by atoms with Gasteiger partial charge in [-0.3, -0.25) is 0 Å². The Morgan fingerprint density at radius 2 is 0.610 bits per heavy atom. The SMILES string of the molecule is CCCCCCCCC1(CCCCCCCC)c2cc(N(c3ccc(Br)cc3)c3ccc(Br)cc3)ccc2-c2ccc(N(c3ccc(Br)cc3)c3ccc(Br)cc3)cc21. The fraction of sp³-hybridized carbons (Fsp3) is 0.321. The minimum atomic E-state index is -0.109. The molecule has 6 heteroatoms. The predicted octanol–water partition coefficient (Wildman–Crippen LogP) is 19.4. The Hall–Kier alpha value is -3.16. The van der Waals surface area contributed by atoms with Crippen LogP contribution in [-0.4, -0.2) is 0 Å². The lowest BCUT2D eigenvalue weighted by atomic mass is 9.70. The number of halogens is 4. The molecule has 59 heavy (non-hydrogen) atoms. The zero-order valence-electron chi connectivity index (χ0n) is 34.5. The summed E-state index contributed by atoms with van der Waals surface area (Å²) in [6.45, 7) is 4.63. The zero-order valence-corrected chi connectivity index (χ0v) is 40.9. The molecule has 0 aromatic heterocycles. The maximum Gasteiger partial charge on any atom is 0.0465 e. The predicted molar refractivity (Wildman–Crippen MR) is 269 cm³/mol. The molecule has 0 fully saturated rings. The highest BCUT2D eigenvalue weighted by molar-refractivity contribution is 9.11. The van der Waals surface area contributed by atoms with Crippen LogP contribution in [0.15, 0.2) is 151 Å². The molecule has 0 aliphatic heterocycles.